The van der Waals surface area contributed by atoms with E-state index >= 15 is 0 Å². The summed E-state index contributed by atoms with van der Waals surface area (Å²) in [6.45, 7) is 0. The molecule has 5 aliphatic carbocycles. The third-order valence-electron chi connectivity index (χ3n) is 10.2. The summed E-state index contributed by atoms with van der Waals surface area (Å²) in [5, 5.41) is 4.43. The molecule has 0 N–H and O–H groups in total. The first-order chi connectivity index (χ1) is 18.7. The summed E-state index contributed by atoms with van der Waals surface area (Å²) >= 11 is 0. The van der Waals surface area contributed by atoms with E-state index < -0.39 is 5.72 Å². The molecule has 5 aromatic carbocycles. The van der Waals surface area contributed by atoms with Gasteiger partial charge in [-0.05, 0) is 50.4 Å². The van der Waals surface area contributed by atoms with Gasteiger partial charge in [-0.15, -0.1) is 0 Å². The molecular formula is C30H16N4O4. The van der Waals surface area contributed by atoms with E-state index in [9.17, 15) is 9.59 Å². The zero-order chi connectivity index (χ0) is 24.7. The second-order valence-electron chi connectivity index (χ2n) is 11.5. The first kappa shape index (κ1) is 19.0. The Bertz CT molecular complexity index is 1970. The molecular weight excluding hydrogens is 480 g/mol. The molecule has 15 rings (SSSR count). The summed E-state index contributed by atoms with van der Waals surface area (Å²) < 4.78 is 13.0. The van der Waals surface area contributed by atoms with Crippen molar-refractivity contribution in [2.75, 3.05) is 4.90 Å². The number of rotatable bonds is 4. The molecule has 10 aliphatic rings. The molecule has 6 atom stereocenters. The van der Waals surface area contributed by atoms with Gasteiger partial charge in [0.05, 0.1) is 11.3 Å². The maximum atomic E-state index is 11.7. The number of hydrogen-bond acceptors (Lipinski definition) is 8. The Morgan fingerprint density at radius 2 is 1.63 bits per heavy atom. The van der Waals surface area contributed by atoms with Crippen LogP contribution in [0.2, 0.25) is 0 Å². The molecule has 8 heteroatoms. The average molecular weight is 496 g/mol. The lowest BCUT2D eigenvalue weighted by Gasteiger charge is -2.75. The maximum Gasteiger partial charge on any atom is 0.240 e. The molecule has 4 saturated heterocycles. The molecule has 0 aromatic heterocycles. The Morgan fingerprint density at radius 1 is 0.895 bits per heavy atom. The largest absolute Gasteiger partial charge is 0.346 e. The molecule has 1 saturated carbocycles. The molecule has 5 fully saturated rings. The minimum Gasteiger partial charge on any atom is -0.346 e. The number of anilines is 1. The van der Waals surface area contributed by atoms with Crippen LogP contribution < -0.4 is 4.90 Å². The molecule has 5 aromatic rings. The molecule has 1 spiro atoms. The van der Waals surface area contributed by atoms with Crippen molar-refractivity contribution in [2.45, 2.75) is 42.8 Å². The number of fused-ring (bicyclic) bond motifs is 5. The van der Waals surface area contributed by atoms with E-state index in [2.05, 4.69) is 68.3 Å². The van der Waals surface area contributed by atoms with Crippen molar-refractivity contribution in [1.82, 2.24) is 4.90 Å². The smallest absolute Gasteiger partial charge is 0.240 e. The van der Waals surface area contributed by atoms with Crippen LogP contribution >= 0.6 is 0 Å². The standard InChI is InChI=1S/C30H16N4O4/c35-11-31-24-21-14-3-1-13(2-4-14)20(21)17-9-18(17)25(24)33-27-34(28(33)37-27)30-19-10-29(19,38-30)23-16-7-5-15(6-8-16)22(23)26(30)32-12-36/h1-8,19,23,27-28H,9-10H2. The van der Waals surface area contributed by atoms with Crippen molar-refractivity contribution in [3.05, 3.63) is 76.5 Å². The zero-order valence-electron chi connectivity index (χ0n) is 19.8. The molecule has 0 amide bonds. The van der Waals surface area contributed by atoms with Gasteiger partial charge in [0, 0.05) is 23.6 Å². The van der Waals surface area contributed by atoms with Crippen molar-refractivity contribution in [1.29, 1.82) is 0 Å². The second-order valence-corrected chi connectivity index (χ2v) is 11.5. The Balaban J connectivity index is 1.07. The van der Waals surface area contributed by atoms with Crippen molar-refractivity contribution in [3.8, 4) is 0 Å². The van der Waals surface area contributed by atoms with Gasteiger partial charge < -0.3 is 9.47 Å². The van der Waals surface area contributed by atoms with Crippen LogP contribution in [-0.4, -0.2) is 41.1 Å². The van der Waals surface area contributed by atoms with Gasteiger partial charge in [0.2, 0.25) is 24.9 Å². The molecule has 8 nitrogen and oxygen atoms in total. The predicted molar refractivity (Wildman–Crippen MR) is 135 cm³/mol. The molecule has 8 bridgehead atoms. The van der Waals surface area contributed by atoms with Gasteiger partial charge in [0.1, 0.15) is 11.4 Å². The number of isocyanates is 2. The maximum absolute atomic E-state index is 11.7. The van der Waals surface area contributed by atoms with Crippen LogP contribution in [0.3, 0.4) is 0 Å². The minimum atomic E-state index is -0.797. The van der Waals surface area contributed by atoms with Crippen LogP contribution in [0, 0.1) is 5.92 Å². The Morgan fingerprint density at radius 3 is 2.32 bits per heavy atom. The van der Waals surface area contributed by atoms with Crippen LogP contribution in [0.5, 0.6) is 0 Å². The normalized spacial score (nSPS) is 35.4. The van der Waals surface area contributed by atoms with E-state index in [4.69, 9.17) is 9.47 Å². The van der Waals surface area contributed by atoms with Crippen LogP contribution in [0.1, 0.15) is 34.6 Å². The van der Waals surface area contributed by atoms with E-state index in [1.165, 1.54) is 22.1 Å². The topological polar surface area (TPSA) is 83.8 Å². The zero-order valence-corrected chi connectivity index (χ0v) is 19.8. The first-order valence-electron chi connectivity index (χ1n) is 13.0. The highest BCUT2D eigenvalue weighted by molar-refractivity contribution is 6.21. The highest BCUT2D eigenvalue weighted by Crippen LogP contribution is 2.82. The lowest BCUT2D eigenvalue weighted by Crippen LogP contribution is -2.93. The van der Waals surface area contributed by atoms with Crippen molar-refractivity contribution in [2.24, 2.45) is 15.9 Å². The minimum absolute atomic E-state index is 0.123. The highest BCUT2D eigenvalue weighted by atomic mass is 16.7. The van der Waals surface area contributed by atoms with Gasteiger partial charge >= 0.3 is 0 Å². The van der Waals surface area contributed by atoms with E-state index in [-0.39, 0.29) is 30.1 Å². The third kappa shape index (κ3) is 1.67. The summed E-state index contributed by atoms with van der Waals surface area (Å²) in [5.74, 6) is 0.368. The molecule has 6 unspecified atom stereocenters. The number of aliphatic imine (C=N–C) groups is 2. The van der Waals surface area contributed by atoms with E-state index in [0.29, 0.717) is 11.4 Å². The van der Waals surface area contributed by atoms with E-state index in [1.54, 1.807) is 6.08 Å². The number of ether oxygens (including phenoxy) is 2. The summed E-state index contributed by atoms with van der Waals surface area (Å²) in [5.41, 5.74) is 7.21. The molecule has 0 radical (unpaired) electrons. The number of carbonyl (C=O) groups excluding carboxylic acids is 2. The van der Waals surface area contributed by atoms with Gasteiger partial charge in [-0.2, -0.15) is 14.9 Å². The third-order valence-corrected chi connectivity index (χ3v) is 10.2. The average Bonchev–Trinajstić information content (AvgIpc) is 3.82. The van der Waals surface area contributed by atoms with Gasteiger partial charge in [-0.25, -0.2) is 9.59 Å². The number of nitrogens with zero attached hydrogens (tertiary/aromatic N) is 4. The molecule has 180 valence electrons. The molecule has 5 heterocycles. The lowest BCUT2D eigenvalue weighted by molar-refractivity contribution is -0.470. The second kappa shape index (κ2) is 5.49. The summed E-state index contributed by atoms with van der Waals surface area (Å²) in [6, 6.07) is 16.9. The number of hydrogen-bond donors (Lipinski definition) is 0. The van der Waals surface area contributed by atoms with Crippen molar-refractivity contribution in [3.63, 3.8) is 0 Å². The molecule has 38 heavy (non-hydrogen) atoms. The summed E-state index contributed by atoms with van der Waals surface area (Å²) in [6.07, 6.45) is 4.66. The predicted octanol–water partition coefficient (Wildman–Crippen LogP) is 4.36. The van der Waals surface area contributed by atoms with Crippen molar-refractivity contribution < 1.29 is 19.1 Å². The summed E-state index contributed by atoms with van der Waals surface area (Å²) in [7, 11) is 0. The molecule has 5 aliphatic heterocycles. The number of benzene rings is 5. The Hall–Kier alpha value is -4.16. The van der Waals surface area contributed by atoms with Gasteiger partial charge in [-0.3, -0.25) is 4.90 Å². The summed E-state index contributed by atoms with van der Waals surface area (Å²) in [4.78, 5) is 36.2. The first-order valence-corrected chi connectivity index (χ1v) is 13.0. The Labute approximate surface area is 214 Å². The van der Waals surface area contributed by atoms with E-state index in [1.807, 2.05) is 6.08 Å². The quantitative estimate of drug-likeness (QED) is 0.272. The van der Waals surface area contributed by atoms with Crippen LogP contribution in [0.15, 0.2) is 64.2 Å². The van der Waals surface area contributed by atoms with Gasteiger partial charge in [0.15, 0.2) is 5.72 Å². The lowest BCUT2D eigenvalue weighted by atomic mass is 9.65. The SMILES string of the molecule is O=C=NC1=C2c3ccc(cc3)C2C23CC2C1(N1C2OC1N2c1c2c(c4c5ccc(cc5)c4c1N=C=O)C2)O3. The van der Waals surface area contributed by atoms with Crippen LogP contribution in [0.4, 0.5) is 11.4 Å². The monoisotopic (exact) mass is 496 g/mol. The van der Waals surface area contributed by atoms with Gasteiger partial charge in [-0.1, -0.05) is 48.5 Å². The van der Waals surface area contributed by atoms with Crippen LogP contribution in [0.25, 0.3) is 27.1 Å². The van der Waals surface area contributed by atoms with Gasteiger partial charge in [0.25, 0.3) is 0 Å². The van der Waals surface area contributed by atoms with E-state index in [0.717, 1.165) is 45.8 Å². The highest BCUT2D eigenvalue weighted by Gasteiger charge is 2.90. The van der Waals surface area contributed by atoms with Crippen LogP contribution in [-0.2, 0) is 25.5 Å². The fourth-order valence-electron chi connectivity index (χ4n) is 8.64. The van der Waals surface area contributed by atoms with Crippen molar-refractivity contribution >= 4 is 50.7 Å². The fourth-order valence-corrected chi connectivity index (χ4v) is 8.64. The fraction of sp³-hybridized carbons (Fsp3) is 0.267. The Kier molecular flexibility index (Phi) is 2.75.